The summed E-state index contributed by atoms with van der Waals surface area (Å²) in [5.74, 6) is 1.25. The van der Waals surface area contributed by atoms with Crippen molar-refractivity contribution in [3.63, 3.8) is 0 Å². The van der Waals surface area contributed by atoms with Gasteiger partial charge in [0.25, 0.3) is 15.9 Å². The molecule has 2 fully saturated rings. The number of fused-ring (bicyclic) bond motifs is 6. The zero-order chi connectivity index (χ0) is 28.3. The molecule has 0 spiro atoms. The van der Waals surface area contributed by atoms with E-state index in [-0.39, 0.29) is 16.0 Å². The topological polar surface area (TPSA) is 111 Å². The van der Waals surface area contributed by atoms with E-state index in [0.29, 0.717) is 41.1 Å². The number of aryl methyl sites for hydroxylation is 1. The second kappa shape index (κ2) is 9.64. The molecule has 2 aliphatic heterocycles. The van der Waals surface area contributed by atoms with Gasteiger partial charge in [-0.25, -0.2) is 22.8 Å². The predicted molar refractivity (Wildman–Crippen MR) is 151 cm³/mol. The van der Waals surface area contributed by atoms with Crippen molar-refractivity contribution in [2.45, 2.75) is 83.2 Å². The van der Waals surface area contributed by atoms with Crippen molar-refractivity contribution in [3.8, 4) is 11.7 Å². The number of hydrogen-bond acceptors (Lipinski definition) is 7. The Hall–Kier alpha value is -3.34. The van der Waals surface area contributed by atoms with E-state index in [2.05, 4.69) is 35.5 Å². The zero-order valence-electron chi connectivity index (χ0n) is 23.7. The largest absolute Gasteiger partial charge is 0.477 e. The number of nitrogens with one attached hydrogen (secondary N) is 1. The molecule has 214 valence electrons. The summed E-state index contributed by atoms with van der Waals surface area (Å²) in [5, 5.41) is 4.57. The molecule has 6 rings (SSSR count). The summed E-state index contributed by atoms with van der Waals surface area (Å²) in [6.45, 7) is 10.4. The van der Waals surface area contributed by atoms with Crippen LogP contribution in [0.1, 0.15) is 75.3 Å². The molecular weight excluding hydrogens is 528 g/mol. The molecule has 10 nitrogen and oxygen atoms in total. The molecule has 40 heavy (non-hydrogen) atoms. The summed E-state index contributed by atoms with van der Waals surface area (Å²) in [7, 11) is -4.07. The molecule has 0 unspecified atom stereocenters. The van der Waals surface area contributed by atoms with Crippen molar-refractivity contribution in [2.24, 2.45) is 11.3 Å². The van der Waals surface area contributed by atoms with Crippen LogP contribution in [0.15, 0.2) is 41.6 Å². The normalized spacial score (nSPS) is 22.8. The number of pyridine rings is 1. The van der Waals surface area contributed by atoms with Gasteiger partial charge in [-0.3, -0.25) is 4.79 Å². The van der Waals surface area contributed by atoms with Crippen LogP contribution in [0.2, 0.25) is 0 Å². The molecule has 1 atom stereocenters. The van der Waals surface area contributed by atoms with Gasteiger partial charge in [0.05, 0.1) is 12.2 Å². The Morgan fingerprint density at radius 1 is 1.12 bits per heavy atom. The average Bonchev–Trinajstić information content (AvgIpc) is 3.19. The van der Waals surface area contributed by atoms with Crippen LogP contribution in [0.5, 0.6) is 5.88 Å². The standard InChI is InChI=1S/C29H38N6O4S/c1-20-23-9-15-33(20)14-5-6-21-18-28(2,3)34(19-21)26-22(27(36)32-40(23,37)38)7-8-24(30-26)35-16-10-25(31-35)39-17-13-29(4)11-12-29/h7-10,15-16,21H,5-6,11-14,17-19H2,1-4H3,(H,32,36)/t21-/m0/s1. The molecule has 1 amide bonds. The monoisotopic (exact) mass is 566 g/mol. The van der Waals surface area contributed by atoms with Crippen LogP contribution in [0, 0.1) is 18.3 Å². The van der Waals surface area contributed by atoms with Crippen LogP contribution in [0.25, 0.3) is 5.82 Å². The molecule has 3 aliphatic rings. The molecule has 1 N–H and O–H groups in total. The van der Waals surface area contributed by atoms with Crippen molar-refractivity contribution >= 4 is 21.7 Å². The van der Waals surface area contributed by atoms with E-state index in [9.17, 15) is 13.2 Å². The maximum Gasteiger partial charge on any atom is 0.268 e. The van der Waals surface area contributed by atoms with Gasteiger partial charge in [-0.1, -0.05) is 6.92 Å². The Kier molecular flexibility index (Phi) is 6.47. The van der Waals surface area contributed by atoms with Gasteiger partial charge in [0.1, 0.15) is 10.7 Å². The van der Waals surface area contributed by atoms with Gasteiger partial charge >= 0.3 is 0 Å². The van der Waals surface area contributed by atoms with Crippen LogP contribution >= 0.6 is 0 Å². The second-order valence-corrected chi connectivity index (χ2v) is 14.2. The van der Waals surface area contributed by atoms with E-state index in [4.69, 9.17) is 9.72 Å². The van der Waals surface area contributed by atoms with Gasteiger partial charge in [-0.2, -0.15) is 0 Å². The number of nitrogens with zero attached hydrogens (tertiary/aromatic N) is 5. The number of amides is 1. The Morgan fingerprint density at radius 2 is 1.93 bits per heavy atom. The van der Waals surface area contributed by atoms with Crippen LogP contribution < -0.4 is 14.4 Å². The molecule has 5 heterocycles. The highest BCUT2D eigenvalue weighted by Crippen LogP contribution is 2.48. The maximum absolute atomic E-state index is 13.6. The lowest BCUT2D eigenvalue weighted by Gasteiger charge is -2.34. The third-order valence-electron chi connectivity index (χ3n) is 8.90. The lowest BCUT2D eigenvalue weighted by molar-refractivity contribution is 0.0981. The highest BCUT2D eigenvalue weighted by Gasteiger charge is 2.41. The Morgan fingerprint density at radius 3 is 2.70 bits per heavy atom. The molecule has 3 aromatic heterocycles. The first kappa shape index (κ1) is 26.9. The number of hydrogen-bond donors (Lipinski definition) is 1. The van der Waals surface area contributed by atoms with Crippen molar-refractivity contribution in [1.29, 1.82) is 0 Å². The number of sulfonamides is 1. The first-order valence-electron chi connectivity index (χ1n) is 14.1. The minimum absolute atomic E-state index is 0.118. The van der Waals surface area contributed by atoms with Crippen molar-refractivity contribution in [2.75, 3.05) is 18.1 Å². The van der Waals surface area contributed by atoms with Gasteiger partial charge in [0, 0.05) is 42.8 Å². The van der Waals surface area contributed by atoms with Gasteiger partial charge in [-0.15, -0.1) is 5.10 Å². The number of rotatable bonds is 5. The zero-order valence-corrected chi connectivity index (χ0v) is 24.5. The maximum atomic E-state index is 13.6. The second-order valence-electron chi connectivity index (χ2n) is 12.6. The molecule has 1 saturated carbocycles. The Bertz CT molecular complexity index is 1550. The van der Waals surface area contributed by atoms with E-state index in [1.807, 2.05) is 10.6 Å². The summed E-state index contributed by atoms with van der Waals surface area (Å²) in [6.07, 6.45) is 9.97. The summed E-state index contributed by atoms with van der Waals surface area (Å²) < 4.78 is 38.3. The van der Waals surface area contributed by atoms with E-state index in [0.717, 1.165) is 38.8 Å². The molecule has 0 radical (unpaired) electrons. The van der Waals surface area contributed by atoms with Gasteiger partial charge < -0.3 is 14.2 Å². The summed E-state index contributed by atoms with van der Waals surface area (Å²) in [6, 6.07) is 6.71. The van der Waals surface area contributed by atoms with Crippen LogP contribution in [0.3, 0.4) is 0 Å². The SMILES string of the molecule is Cc1c2ccn1CCC[C@@H]1CN(c3nc(-n4ccc(OCCC5(C)CC5)n4)ccc3C(=O)NS2(=O)=O)C(C)(C)C1. The van der Waals surface area contributed by atoms with E-state index in [1.54, 1.807) is 42.2 Å². The highest BCUT2D eigenvalue weighted by molar-refractivity contribution is 7.90. The van der Waals surface area contributed by atoms with Crippen molar-refractivity contribution in [3.05, 3.63) is 47.9 Å². The Balaban J connectivity index is 1.35. The minimum Gasteiger partial charge on any atom is -0.477 e. The number of aromatic nitrogens is 4. The number of anilines is 1. The first-order valence-corrected chi connectivity index (χ1v) is 15.6. The number of carbonyl (C=O) groups is 1. The lowest BCUT2D eigenvalue weighted by atomic mass is 9.93. The molecule has 0 aromatic carbocycles. The van der Waals surface area contributed by atoms with E-state index < -0.39 is 15.9 Å². The highest BCUT2D eigenvalue weighted by atomic mass is 32.2. The fourth-order valence-corrected chi connectivity index (χ4v) is 7.33. The molecule has 1 saturated heterocycles. The van der Waals surface area contributed by atoms with Crippen LogP contribution in [-0.4, -0.2) is 52.3 Å². The Labute approximate surface area is 235 Å². The van der Waals surface area contributed by atoms with Crippen LogP contribution in [-0.2, 0) is 16.6 Å². The molecule has 11 heteroatoms. The fourth-order valence-electron chi connectivity index (χ4n) is 6.12. The number of carbonyl (C=O) groups excluding carboxylic acids is 1. The van der Waals surface area contributed by atoms with E-state index in [1.165, 1.54) is 12.8 Å². The first-order chi connectivity index (χ1) is 18.9. The third kappa shape index (κ3) is 5.11. The van der Waals surface area contributed by atoms with Crippen LogP contribution in [0.4, 0.5) is 5.82 Å². The molecular formula is C29H38N6O4S. The van der Waals surface area contributed by atoms with E-state index >= 15 is 0 Å². The van der Waals surface area contributed by atoms with Gasteiger partial charge in [0.15, 0.2) is 5.82 Å². The summed E-state index contributed by atoms with van der Waals surface area (Å²) in [5.41, 5.74) is 0.987. The summed E-state index contributed by atoms with van der Waals surface area (Å²) in [4.78, 5) is 20.7. The quantitative estimate of drug-likeness (QED) is 0.485. The lowest BCUT2D eigenvalue weighted by Crippen LogP contribution is -2.41. The molecule has 3 aromatic rings. The smallest absolute Gasteiger partial charge is 0.268 e. The number of ether oxygens (including phenoxy) is 1. The van der Waals surface area contributed by atoms with Crippen molar-refractivity contribution < 1.29 is 17.9 Å². The third-order valence-corrected chi connectivity index (χ3v) is 10.4. The predicted octanol–water partition coefficient (Wildman–Crippen LogP) is 4.46. The molecule has 4 bridgehead atoms. The molecule has 1 aliphatic carbocycles. The minimum atomic E-state index is -4.07. The average molecular weight is 567 g/mol. The van der Waals surface area contributed by atoms with Crippen molar-refractivity contribution in [1.82, 2.24) is 24.1 Å². The fraction of sp³-hybridized carbons (Fsp3) is 0.552. The van der Waals surface area contributed by atoms with Gasteiger partial charge in [0.2, 0.25) is 5.88 Å². The van der Waals surface area contributed by atoms with Gasteiger partial charge in [-0.05, 0) is 88.8 Å². The summed E-state index contributed by atoms with van der Waals surface area (Å²) >= 11 is 0.